The van der Waals surface area contributed by atoms with Crippen LogP contribution in [0, 0.1) is 11.7 Å². The summed E-state index contributed by atoms with van der Waals surface area (Å²) in [5, 5.41) is 9.22. The van der Waals surface area contributed by atoms with Crippen molar-refractivity contribution in [2.75, 3.05) is 7.11 Å². The molecule has 1 saturated carbocycles. The molecule has 1 fully saturated rings. The Morgan fingerprint density at radius 1 is 1.08 bits per heavy atom. The van der Waals surface area contributed by atoms with Gasteiger partial charge in [-0.05, 0) is 90.8 Å². The number of carboxylic acid groups (broad SMARTS) is 1. The molecule has 0 radical (unpaired) electrons. The van der Waals surface area contributed by atoms with E-state index >= 15 is 0 Å². The van der Waals surface area contributed by atoms with Gasteiger partial charge in [-0.25, -0.2) is 4.39 Å². The smallest absolute Gasteiger partial charge is 0.303 e. The van der Waals surface area contributed by atoms with E-state index in [0.29, 0.717) is 33.4 Å². The minimum atomic E-state index is -1.36. The number of benzene rings is 3. The Bertz CT molecular complexity index is 1240. The lowest BCUT2D eigenvalue weighted by molar-refractivity contribution is -0.137. The van der Waals surface area contributed by atoms with Gasteiger partial charge in [0.1, 0.15) is 29.2 Å². The lowest BCUT2D eigenvalue weighted by Gasteiger charge is -2.19. The molecule has 7 heteroatoms. The molecule has 0 spiro atoms. The second-order valence-corrected chi connectivity index (χ2v) is 11.8. The monoisotopic (exact) mass is 524 g/mol. The van der Waals surface area contributed by atoms with Gasteiger partial charge < -0.3 is 19.1 Å². The summed E-state index contributed by atoms with van der Waals surface area (Å²) in [6, 6.07) is 17.6. The van der Waals surface area contributed by atoms with Crippen molar-refractivity contribution in [1.29, 1.82) is 0 Å². The lowest BCUT2D eigenvalue weighted by Crippen LogP contribution is -2.16. The largest absolute Gasteiger partial charge is 0.611 e. The molecule has 5 nitrogen and oxygen atoms in total. The van der Waals surface area contributed by atoms with Gasteiger partial charge in [-0.15, -0.1) is 0 Å². The molecule has 3 aromatic rings. The van der Waals surface area contributed by atoms with Gasteiger partial charge in [0.2, 0.25) is 0 Å². The molecular weight excluding hydrogens is 491 g/mol. The zero-order valence-electron chi connectivity index (χ0n) is 21.4. The van der Waals surface area contributed by atoms with Crippen molar-refractivity contribution in [2.45, 2.75) is 62.2 Å². The van der Waals surface area contributed by atoms with Crippen LogP contribution in [-0.2, 0) is 22.6 Å². The van der Waals surface area contributed by atoms with E-state index in [1.54, 1.807) is 18.2 Å². The number of carboxylic acids is 1. The normalized spacial score (nSPS) is 14.9. The predicted molar refractivity (Wildman–Crippen MR) is 143 cm³/mol. The van der Waals surface area contributed by atoms with Crippen LogP contribution in [0.3, 0.4) is 0 Å². The average Bonchev–Trinajstić information content (AvgIpc) is 3.71. The van der Waals surface area contributed by atoms with Gasteiger partial charge in [-0.2, -0.15) is 0 Å². The minimum Gasteiger partial charge on any atom is -0.611 e. The molecule has 0 heterocycles. The fourth-order valence-corrected chi connectivity index (χ4v) is 5.64. The topological polar surface area (TPSA) is 78.8 Å². The van der Waals surface area contributed by atoms with Crippen molar-refractivity contribution in [2.24, 2.45) is 5.92 Å². The molecule has 3 aromatic carbocycles. The van der Waals surface area contributed by atoms with Gasteiger partial charge in [0, 0.05) is 17.2 Å². The lowest BCUT2D eigenvalue weighted by atomic mass is 9.90. The number of rotatable bonds is 12. The Labute approximate surface area is 220 Å². The number of carbonyl (C=O) groups is 1. The molecule has 2 unspecified atom stereocenters. The molecule has 0 aromatic heterocycles. The van der Waals surface area contributed by atoms with Crippen LogP contribution in [0.4, 0.5) is 4.39 Å². The van der Waals surface area contributed by atoms with Crippen LogP contribution in [-0.4, -0.2) is 28.0 Å². The molecule has 0 bridgehead atoms. The van der Waals surface area contributed by atoms with E-state index in [2.05, 4.69) is 0 Å². The van der Waals surface area contributed by atoms with Crippen molar-refractivity contribution in [3.63, 3.8) is 0 Å². The average molecular weight is 525 g/mol. The molecule has 37 heavy (non-hydrogen) atoms. The third-order valence-electron chi connectivity index (χ3n) is 6.63. The first-order valence-electron chi connectivity index (χ1n) is 12.6. The molecule has 0 saturated heterocycles. The maximum Gasteiger partial charge on any atom is 0.303 e. The summed E-state index contributed by atoms with van der Waals surface area (Å²) in [4.78, 5) is 12.0. The molecule has 2 atom stereocenters. The van der Waals surface area contributed by atoms with Gasteiger partial charge in [-0.1, -0.05) is 31.0 Å². The molecule has 1 aliphatic rings. The van der Waals surface area contributed by atoms with Crippen molar-refractivity contribution in [1.82, 2.24) is 0 Å². The molecule has 196 valence electrons. The Kier molecular flexibility index (Phi) is 8.77. The number of hydrogen-bond donors (Lipinski definition) is 1. The summed E-state index contributed by atoms with van der Waals surface area (Å²) in [6.07, 6.45) is 3.32. The van der Waals surface area contributed by atoms with Crippen LogP contribution in [0.15, 0.2) is 65.6 Å². The number of aliphatic carboxylic acids is 1. The third-order valence-corrected chi connectivity index (χ3v) is 8.25. The highest BCUT2D eigenvalue weighted by molar-refractivity contribution is 7.92. The van der Waals surface area contributed by atoms with E-state index in [1.807, 2.05) is 50.2 Å². The highest BCUT2D eigenvalue weighted by Crippen LogP contribution is 2.40. The van der Waals surface area contributed by atoms with Crippen LogP contribution >= 0.6 is 0 Å². The Morgan fingerprint density at radius 3 is 2.54 bits per heavy atom. The zero-order chi connectivity index (χ0) is 26.5. The van der Waals surface area contributed by atoms with E-state index in [1.165, 1.54) is 26.0 Å². The molecule has 0 aliphatic heterocycles. The summed E-state index contributed by atoms with van der Waals surface area (Å²) in [5.74, 6) is 0.541. The van der Waals surface area contributed by atoms with Crippen LogP contribution < -0.4 is 9.47 Å². The number of methoxy groups -OCH3 is 1. The van der Waals surface area contributed by atoms with Crippen LogP contribution in [0.1, 0.15) is 56.6 Å². The first kappa shape index (κ1) is 27.0. The summed E-state index contributed by atoms with van der Waals surface area (Å²) >= 11 is -1.36. The van der Waals surface area contributed by atoms with E-state index < -0.39 is 23.0 Å². The molecule has 0 amide bonds. The first-order valence-corrected chi connectivity index (χ1v) is 13.8. The number of hydrogen-bond acceptors (Lipinski definition) is 4. The zero-order valence-corrected chi connectivity index (χ0v) is 22.2. The quantitative estimate of drug-likeness (QED) is 0.259. The SMILES string of the molecule is COc1ccc(F)c(-c2ccc(COc3cccc(C(CC(=O)O)CC4CC4)c3)cc2[S+]([O-])C(C)C)c1. The van der Waals surface area contributed by atoms with Crippen LogP contribution in [0.5, 0.6) is 11.5 Å². The summed E-state index contributed by atoms with van der Waals surface area (Å²) in [5.41, 5.74) is 2.67. The Morgan fingerprint density at radius 2 is 1.86 bits per heavy atom. The molecule has 4 rings (SSSR count). The second-order valence-electron chi connectivity index (χ2n) is 9.86. The van der Waals surface area contributed by atoms with E-state index in [4.69, 9.17) is 9.47 Å². The van der Waals surface area contributed by atoms with Gasteiger partial charge in [0.25, 0.3) is 0 Å². The summed E-state index contributed by atoms with van der Waals surface area (Å²) < 4.78 is 39.3. The van der Waals surface area contributed by atoms with Crippen molar-refractivity contribution in [3.8, 4) is 22.6 Å². The van der Waals surface area contributed by atoms with Crippen molar-refractivity contribution in [3.05, 3.63) is 77.6 Å². The van der Waals surface area contributed by atoms with Crippen LogP contribution in [0.2, 0.25) is 0 Å². The third kappa shape index (κ3) is 7.05. The Hall–Kier alpha value is -3.03. The number of halogens is 1. The molecule has 1 N–H and O–H groups in total. The van der Waals surface area contributed by atoms with Crippen molar-refractivity contribution < 1.29 is 28.3 Å². The maximum atomic E-state index is 14.8. The summed E-state index contributed by atoms with van der Waals surface area (Å²) in [6.45, 7) is 3.97. The molecular formula is C30H33FO5S. The summed E-state index contributed by atoms with van der Waals surface area (Å²) in [7, 11) is 1.52. The predicted octanol–water partition coefficient (Wildman–Crippen LogP) is 6.95. The highest BCUT2D eigenvalue weighted by Gasteiger charge is 2.28. The number of ether oxygens (including phenoxy) is 2. The fourth-order valence-electron chi connectivity index (χ4n) is 4.47. The maximum absolute atomic E-state index is 14.8. The highest BCUT2D eigenvalue weighted by atomic mass is 32.2. The van der Waals surface area contributed by atoms with Crippen LogP contribution in [0.25, 0.3) is 11.1 Å². The van der Waals surface area contributed by atoms with Gasteiger partial charge in [-0.3, -0.25) is 4.79 Å². The second kappa shape index (κ2) is 12.0. The van der Waals surface area contributed by atoms with Gasteiger partial charge in [0.05, 0.1) is 13.5 Å². The van der Waals surface area contributed by atoms with Crippen molar-refractivity contribution >= 4 is 17.1 Å². The van der Waals surface area contributed by atoms with E-state index in [9.17, 15) is 18.8 Å². The van der Waals surface area contributed by atoms with E-state index in [0.717, 1.165) is 17.5 Å². The fraction of sp³-hybridized carbons (Fsp3) is 0.367. The van der Waals surface area contributed by atoms with Gasteiger partial charge >= 0.3 is 5.97 Å². The van der Waals surface area contributed by atoms with Gasteiger partial charge in [0.15, 0.2) is 4.90 Å². The van der Waals surface area contributed by atoms with E-state index in [-0.39, 0.29) is 24.2 Å². The minimum absolute atomic E-state index is 0.0364. The molecule has 1 aliphatic carbocycles. The Balaban J connectivity index is 1.57. The standard InChI is InChI=1S/C30H33FO5S/c1-19(2)37(34)29-14-21(9-11-26(29)27-17-24(35-3)10-12-28(27)31)18-36-25-6-4-5-22(15-25)23(16-30(32)33)13-20-7-8-20/h4-6,9-12,14-15,17,19-20,23H,7-8,13,16,18H2,1-3H3,(H,32,33). The first-order chi connectivity index (χ1) is 17.7.